The van der Waals surface area contributed by atoms with Gasteiger partial charge in [-0.25, -0.2) is 14.1 Å². The van der Waals surface area contributed by atoms with Gasteiger partial charge in [0.05, 0.1) is 12.3 Å². The van der Waals surface area contributed by atoms with Crippen molar-refractivity contribution in [3.8, 4) is 5.75 Å². The first kappa shape index (κ1) is 20.0. The highest BCUT2D eigenvalue weighted by Crippen LogP contribution is 2.37. The number of hydrogen-bond acceptors (Lipinski definition) is 5. The van der Waals surface area contributed by atoms with Gasteiger partial charge in [0.25, 0.3) is 11.8 Å². The first-order chi connectivity index (χ1) is 13.5. The van der Waals surface area contributed by atoms with Gasteiger partial charge in [-0.3, -0.25) is 9.59 Å². The lowest BCUT2D eigenvalue weighted by Gasteiger charge is -2.17. The quantitative estimate of drug-likeness (QED) is 0.385. The van der Waals surface area contributed by atoms with Crippen LogP contribution < -0.4 is 9.64 Å². The standard InChI is InChI=1S/C21H24FNO5/c1-2-3-6-11-27-19(24)13-28-14-9-10-17(22)18(12-14)23-20(25)15-7-4-5-8-16(15)21(23)26/h9-10,12H,2-8,11,13H2,1H3. The topological polar surface area (TPSA) is 72.9 Å². The Balaban J connectivity index is 1.66. The number of hydrogen-bond donors (Lipinski definition) is 0. The van der Waals surface area contributed by atoms with Gasteiger partial charge in [-0.05, 0) is 44.2 Å². The first-order valence-corrected chi connectivity index (χ1v) is 9.71. The van der Waals surface area contributed by atoms with Gasteiger partial charge in [0.1, 0.15) is 11.6 Å². The van der Waals surface area contributed by atoms with Gasteiger partial charge in [-0.15, -0.1) is 0 Å². The minimum atomic E-state index is -0.698. The molecule has 0 aromatic heterocycles. The monoisotopic (exact) mass is 389 g/mol. The van der Waals surface area contributed by atoms with Crippen molar-refractivity contribution in [2.24, 2.45) is 0 Å². The molecule has 6 nitrogen and oxygen atoms in total. The maximum absolute atomic E-state index is 14.4. The highest BCUT2D eigenvalue weighted by Gasteiger charge is 2.40. The van der Waals surface area contributed by atoms with E-state index in [0.717, 1.165) is 43.1 Å². The van der Waals surface area contributed by atoms with Crippen molar-refractivity contribution in [3.05, 3.63) is 35.2 Å². The normalized spacial score (nSPS) is 16.4. The van der Waals surface area contributed by atoms with Crippen LogP contribution in [0.1, 0.15) is 51.9 Å². The van der Waals surface area contributed by atoms with Crippen LogP contribution in [0.5, 0.6) is 5.75 Å². The summed E-state index contributed by atoms with van der Waals surface area (Å²) in [4.78, 5) is 37.8. The van der Waals surface area contributed by atoms with E-state index in [-0.39, 0.29) is 18.0 Å². The van der Waals surface area contributed by atoms with E-state index in [1.54, 1.807) is 0 Å². The third-order valence-corrected chi connectivity index (χ3v) is 4.92. The summed E-state index contributed by atoms with van der Waals surface area (Å²) in [6.45, 7) is 2.06. The highest BCUT2D eigenvalue weighted by atomic mass is 19.1. The van der Waals surface area contributed by atoms with Gasteiger partial charge in [-0.1, -0.05) is 19.8 Å². The van der Waals surface area contributed by atoms with Crippen LogP contribution in [0.15, 0.2) is 29.3 Å². The zero-order valence-corrected chi connectivity index (χ0v) is 16.0. The second kappa shape index (κ2) is 8.99. The van der Waals surface area contributed by atoms with Crippen molar-refractivity contribution in [1.29, 1.82) is 0 Å². The van der Waals surface area contributed by atoms with Gasteiger partial charge in [0, 0.05) is 17.2 Å². The van der Waals surface area contributed by atoms with Gasteiger partial charge in [0.15, 0.2) is 6.61 Å². The van der Waals surface area contributed by atoms with E-state index < -0.39 is 23.6 Å². The fourth-order valence-corrected chi connectivity index (χ4v) is 3.43. The van der Waals surface area contributed by atoms with Crippen LogP contribution >= 0.6 is 0 Å². The van der Waals surface area contributed by atoms with Crippen molar-refractivity contribution in [1.82, 2.24) is 0 Å². The number of ether oxygens (including phenoxy) is 2. The number of esters is 1. The largest absolute Gasteiger partial charge is 0.482 e. The van der Waals surface area contributed by atoms with Crippen molar-refractivity contribution in [2.75, 3.05) is 18.1 Å². The molecule has 1 aliphatic carbocycles. The molecule has 0 fully saturated rings. The van der Waals surface area contributed by atoms with E-state index in [0.29, 0.717) is 30.6 Å². The molecule has 2 amide bonds. The predicted octanol–water partition coefficient (Wildman–Crippen LogP) is 3.68. The molecule has 0 N–H and O–H groups in total. The Morgan fingerprint density at radius 2 is 1.79 bits per heavy atom. The minimum absolute atomic E-state index is 0.154. The molecule has 28 heavy (non-hydrogen) atoms. The van der Waals surface area contributed by atoms with Crippen molar-refractivity contribution in [2.45, 2.75) is 51.9 Å². The van der Waals surface area contributed by atoms with Crippen molar-refractivity contribution in [3.63, 3.8) is 0 Å². The zero-order valence-electron chi connectivity index (χ0n) is 16.0. The molecule has 1 aromatic carbocycles. The predicted molar refractivity (Wildman–Crippen MR) is 100 cm³/mol. The summed E-state index contributed by atoms with van der Waals surface area (Å²) in [7, 11) is 0. The number of carbonyl (C=O) groups excluding carboxylic acids is 3. The minimum Gasteiger partial charge on any atom is -0.482 e. The SMILES string of the molecule is CCCCCOC(=O)COc1ccc(F)c(N2C(=O)C3=C(CCCC3)C2=O)c1. The second-order valence-corrected chi connectivity index (χ2v) is 6.94. The lowest BCUT2D eigenvalue weighted by Crippen LogP contribution is -2.32. The van der Waals surface area contributed by atoms with E-state index in [9.17, 15) is 18.8 Å². The number of unbranched alkanes of at least 4 members (excludes halogenated alkanes) is 2. The average molecular weight is 389 g/mol. The summed E-state index contributed by atoms with van der Waals surface area (Å²) in [5.41, 5.74) is 0.813. The van der Waals surface area contributed by atoms with Gasteiger partial charge >= 0.3 is 5.97 Å². The molecule has 7 heteroatoms. The molecule has 0 bridgehead atoms. The van der Waals surface area contributed by atoms with Crippen LogP contribution in [0.25, 0.3) is 0 Å². The number of imide groups is 1. The van der Waals surface area contributed by atoms with Gasteiger partial charge in [0.2, 0.25) is 0 Å². The van der Waals surface area contributed by atoms with Crippen LogP contribution in [0.4, 0.5) is 10.1 Å². The molecular formula is C21H24FNO5. The Kier molecular flexibility index (Phi) is 6.44. The summed E-state index contributed by atoms with van der Waals surface area (Å²) < 4.78 is 24.8. The Labute approximate surface area is 163 Å². The van der Waals surface area contributed by atoms with Gasteiger partial charge in [-0.2, -0.15) is 0 Å². The molecular weight excluding hydrogens is 365 g/mol. The van der Waals surface area contributed by atoms with Crippen LogP contribution in [0, 0.1) is 5.82 Å². The lowest BCUT2D eigenvalue weighted by molar-refractivity contribution is -0.146. The van der Waals surface area contributed by atoms with Gasteiger partial charge < -0.3 is 9.47 Å². The highest BCUT2D eigenvalue weighted by molar-refractivity contribution is 6.33. The number of carbonyl (C=O) groups is 3. The summed E-state index contributed by atoms with van der Waals surface area (Å²) in [6.07, 6.45) is 5.56. The fraction of sp³-hybridized carbons (Fsp3) is 0.476. The van der Waals surface area contributed by atoms with Crippen molar-refractivity contribution < 1.29 is 28.2 Å². The second-order valence-electron chi connectivity index (χ2n) is 6.94. The molecule has 0 saturated heterocycles. The van der Waals surface area contributed by atoms with E-state index in [1.807, 2.05) is 0 Å². The third-order valence-electron chi connectivity index (χ3n) is 4.92. The van der Waals surface area contributed by atoms with Crippen molar-refractivity contribution >= 4 is 23.5 Å². The molecule has 1 aliphatic heterocycles. The molecule has 0 atom stereocenters. The summed E-state index contributed by atoms with van der Waals surface area (Å²) in [6, 6.07) is 3.74. The number of nitrogens with zero attached hydrogens (tertiary/aromatic N) is 1. The lowest BCUT2D eigenvalue weighted by atomic mass is 9.93. The molecule has 0 radical (unpaired) electrons. The molecule has 1 heterocycles. The average Bonchev–Trinajstić information content (AvgIpc) is 2.95. The number of amides is 2. The number of halogens is 1. The molecule has 150 valence electrons. The molecule has 0 unspecified atom stereocenters. The summed E-state index contributed by atoms with van der Waals surface area (Å²) in [5.74, 6) is -1.96. The smallest absolute Gasteiger partial charge is 0.344 e. The number of anilines is 1. The van der Waals surface area contributed by atoms with E-state index in [1.165, 1.54) is 12.1 Å². The van der Waals surface area contributed by atoms with E-state index in [4.69, 9.17) is 9.47 Å². The molecule has 2 aliphatic rings. The molecule has 3 rings (SSSR count). The Morgan fingerprint density at radius 1 is 1.11 bits per heavy atom. The molecule has 0 spiro atoms. The van der Waals surface area contributed by atoms with E-state index >= 15 is 0 Å². The fourth-order valence-electron chi connectivity index (χ4n) is 3.43. The Bertz CT molecular complexity index is 789. The molecule has 1 aromatic rings. The van der Waals surface area contributed by atoms with Crippen LogP contribution in [0.2, 0.25) is 0 Å². The Hall–Kier alpha value is -2.70. The molecule has 0 saturated carbocycles. The third kappa shape index (κ3) is 4.24. The summed E-state index contributed by atoms with van der Waals surface area (Å²) >= 11 is 0. The summed E-state index contributed by atoms with van der Waals surface area (Å²) in [5, 5.41) is 0. The maximum Gasteiger partial charge on any atom is 0.344 e. The zero-order chi connectivity index (χ0) is 20.1. The van der Waals surface area contributed by atoms with Crippen LogP contribution in [-0.2, 0) is 19.1 Å². The Morgan fingerprint density at radius 3 is 2.43 bits per heavy atom. The number of benzene rings is 1. The first-order valence-electron chi connectivity index (χ1n) is 9.71. The number of rotatable bonds is 8. The maximum atomic E-state index is 14.4. The van der Waals surface area contributed by atoms with E-state index in [2.05, 4.69) is 6.92 Å². The van der Waals surface area contributed by atoms with Crippen LogP contribution in [0.3, 0.4) is 0 Å². The van der Waals surface area contributed by atoms with Crippen LogP contribution in [-0.4, -0.2) is 31.0 Å².